The van der Waals surface area contributed by atoms with E-state index >= 15 is 0 Å². The Labute approximate surface area is 196 Å². The Bertz CT molecular complexity index is 1360. The van der Waals surface area contributed by atoms with Crippen molar-refractivity contribution in [2.24, 2.45) is 5.10 Å². The number of hydrogen-bond acceptors (Lipinski definition) is 4. The molecule has 4 aromatic rings. The second-order valence-electron chi connectivity index (χ2n) is 7.64. The Morgan fingerprint density at radius 3 is 2.48 bits per heavy atom. The van der Waals surface area contributed by atoms with Crippen molar-refractivity contribution in [3.05, 3.63) is 106 Å². The van der Waals surface area contributed by atoms with Crippen LogP contribution in [0.15, 0.2) is 78.0 Å². The van der Waals surface area contributed by atoms with Crippen LogP contribution in [0.5, 0.6) is 0 Å². The van der Waals surface area contributed by atoms with Crippen LogP contribution in [0, 0.1) is 13.8 Å². The van der Waals surface area contributed by atoms with Crippen molar-refractivity contribution in [2.45, 2.75) is 13.8 Å². The summed E-state index contributed by atoms with van der Waals surface area (Å²) in [5.74, 6) is -0.385. The minimum Gasteiger partial charge on any atom is -0.376 e. The first-order valence-electron chi connectivity index (χ1n) is 10.5. The van der Waals surface area contributed by atoms with Crippen molar-refractivity contribution >= 4 is 40.7 Å². The van der Waals surface area contributed by atoms with E-state index in [-0.39, 0.29) is 18.2 Å². The average Bonchev–Trinajstić information content (AvgIpc) is 3.10. The Balaban J connectivity index is 1.54. The lowest BCUT2D eigenvalue weighted by atomic mass is 10.0. The lowest BCUT2D eigenvalue weighted by Gasteiger charge is -2.07. The van der Waals surface area contributed by atoms with E-state index in [0.717, 1.165) is 27.9 Å². The van der Waals surface area contributed by atoms with Gasteiger partial charge in [0.05, 0.1) is 24.0 Å². The smallest absolute Gasteiger partial charge is 0.259 e. The number of nitrogens with one attached hydrogen (secondary N) is 2. The van der Waals surface area contributed by atoms with Gasteiger partial charge in [0.1, 0.15) is 0 Å². The number of ketones is 1. The minimum absolute atomic E-state index is 0.0952. The molecule has 0 aliphatic rings. The summed E-state index contributed by atoms with van der Waals surface area (Å²) in [5, 5.41) is 7.81. The van der Waals surface area contributed by atoms with E-state index in [1.54, 1.807) is 30.5 Å². The van der Waals surface area contributed by atoms with E-state index in [1.807, 2.05) is 66.9 Å². The van der Waals surface area contributed by atoms with Crippen LogP contribution in [0.2, 0.25) is 5.02 Å². The van der Waals surface area contributed by atoms with Crippen molar-refractivity contribution in [3.8, 4) is 0 Å². The summed E-state index contributed by atoms with van der Waals surface area (Å²) in [6, 6.07) is 20.2. The number of halogens is 1. The fraction of sp³-hybridized carbons (Fsp3) is 0.115. The summed E-state index contributed by atoms with van der Waals surface area (Å²) < 4.78 is 1.84. The van der Waals surface area contributed by atoms with Gasteiger partial charge in [0, 0.05) is 28.0 Å². The quantitative estimate of drug-likeness (QED) is 0.232. The fourth-order valence-electron chi connectivity index (χ4n) is 3.69. The first-order chi connectivity index (χ1) is 16.0. The van der Waals surface area contributed by atoms with E-state index in [9.17, 15) is 9.59 Å². The second kappa shape index (κ2) is 9.71. The highest BCUT2D eigenvalue weighted by Crippen LogP contribution is 2.24. The molecular weight excluding hydrogens is 436 g/mol. The van der Waals surface area contributed by atoms with Crippen LogP contribution in [-0.2, 0) is 4.79 Å². The number of carbonyl (C=O) groups excluding carboxylic acids is 2. The molecule has 7 heteroatoms. The zero-order valence-corrected chi connectivity index (χ0v) is 19.1. The number of fused-ring (bicyclic) bond motifs is 1. The van der Waals surface area contributed by atoms with Gasteiger partial charge in [-0.1, -0.05) is 35.9 Å². The normalized spacial score (nSPS) is 11.1. The summed E-state index contributed by atoms with van der Waals surface area (Å²) in [6.45, 7) is 3.94. The molecule has 2 N–H and O–H groups in total. The maximum atomic E-state index is 13.2. The van der Waals surface area contributed by atoms with Crippen molar-refractivity contribution in [1.29, 1.82) is 0 Å². The van der Waals surface area contributed by atoms with Crippen molar-refractivity contribution < 1.29 is 9.59 Å². The highest BCUT2D eigenvalue weighted by Gasteiger charge is 2.20. The van der Waals surface area contributed by atoms with Gasteiger partial charge in [0.25, 0.3) is 5.91 Å². The molecule has 6 nitrogen and oxygen atoms in total. The average molecular weight is 459 g/mol. The highest BCUT2D eigenvalue weighted by atomic mass is 35.5. The van der Waals surface area contributed by atoms with E-state index in [1.165, 1.54) is 0 Å². The molecular formula is C26H23ClN4O2. The summed E-state index contributed by atoms with van der Waals surface area (Å²) in [6.07, 6.45) is 3.42. The van der Waals surface area contributed by atoms with Gasteiger partial charge in [-0.2, -0.15) is 5.10 Å². The molecule has 4 rings (SSSR count). The van der Waals surface area contributed by atoms with E-state index < -0.39 is 0 Å². The standard InChI is InChI=1S/C26H23ClN4O2/c1-17-7-3-4-8-22(17)28-16-24(32)30-29-15-21-18(2)25(31-14-6-5-9-23(21)31)26(33)19-10-12-20(27)13-11-19/h3-15,28H,16H2,1-2H3,(H,30,32)/b29-15+. The molecule has 33 heavy (non-hydrogen) atoms. The molecule has 2 aromatic carbocycles. The summed E-state index contributed by atoms with van der Waals surface area (Å²) in [7, 11) is 0. The number of rotatable bonds is 7. The maximum absolute atomic E-state index is 13.2. The van der Waals surface area contributed by atoms with E-state index in [2.05, 4.69) is 15.8 Å². The molecule has 0 atom stereocenters. The number of aromatic nitrogens is 1. The molecule has 2 aromatic heterocycles. The first-order valence-corrected chi connectivity index (χ1v) is 10.8. The third-order valence-corrected chi connectivity index (χ3v) is 5.68. The second-order valence-corrected chi connectivity index (χ2v) is 8.08. The Kier molecular flexibility index (Phi) is 6.56. The number of aryl methyl sites for hydroxylation is 1. The van der Waals surface area contributed by atoms with Crippen LogP contribution in [0.3, 0.4) is 0 Å². The molecule has 0 bridgehead atoms. The van der Waals surface area contributed by atoms with E-state index in [0.29, 0.717) is 16.3 Å². The van der Waals surface area contributed by atoms with Crippen LogP contribution in [0.25, 0.3) is 5.52 Å². The largest absolute Gasteiger partial charge is 0.376 e. The molecule has 0 fully saturated rings. The van der Waals surface area contributed by atoms with Gasteiger partial charge in [0.15, 0.2) is 0 Å². The highest BCUT2D eigenvalue weighted by molar-refractivity contribution is 6.30. The number of anilines is 1. The van der Waals surface area contributed by atoms with Gasteiger partial charge in [0.2, 0.25) is 5.78 Å². The van der Waals surface area contributed by atoms with Gasteiger partial charge in [-0.15, -0.1) is 0 Å². The van der Waals surface area contributed by atoms with Crippen molar-refractivity contribution in [1.82, 2.24) is 9.83 Å². The molecule has 2 heterocycles. The Morgan fingerprint density at radius 1 is 1.00 bits per heavy atom. The first kappa shape index (κ1) is 22.3. The minimum atomic E-state index is -0.270. The number of carbonyl (C=O) groups is 2. The summed E-state index contributed by atoms with van der Waals surface area (Å²) in [5.41, 5.74) is 7.96. The summed E-state index contributed by atoms with van der Waals surface area (Å²) in [4.78, 5) is 25.5. The number of benzene rings is 2. The predicted molar refractivity (Wildman–Crippen MR) is 132 cm³/mol. The SMILES string of the molecule is Cc1ccccc1NCC(=O)N/N=C/c1c(C)c(C(=O)c2ccc(Cl)cc2)n2ccccc12. The van der Waals surface area contributed by atoms with Gasteiger partial charge in [-0.3, -0.25) is 9.59 Å². The molecule has 1 amide bonds. The van der Waals surface area contributed by atoms with Crippen LogP contribution in [-0.4, -0.2) is 28.9 Å². The molecule has 0 saturated heterocycles. The Morgan fingerprint density at radius 2 is 1.73 bits per heavy atom. The summed E-state index contributed by atoms with van der Waals surface area (Å²) >= 11 is 5.97. The molecule has 166 valence electrons. The van der Waals surface area contributed by atoms with Gasteiger partial charge < -0.3 is 9.72 Å². The Hall–Kier alpha value is -3.90. The number of pyridine rings is 1. The molecule has 0 saturated carbocycles. The lowest BCUT2D eigenvalue weighted by Crippen LogP contribution is -2.26. The molecule has 0 unspecified atom stereocenters. The van der Waals surface area contributed by atoms with Gasteiger partial charge in [-0.05, 0) is 67.4 Å². The molecule has 0 radical (unpaired) electrons. The van der Waals surface area contributed by atoms with Crippen molar-refractivity contribution in [2.75, 3.05) is 11.9 Å². The van der Waals surface area contributed by atoms with Crippen LogP contribution >= 0.6 is 11.6 Å². The van der Waals surface area contributed by atoms with Crippen LogP contribution < -0.4 is 10.7 Å². The van der Waals surface area contributed by atoms with Crippen LogP contribution in [0.4, 0.5) is 5.69 Å². The van der Waals surface area contributed by atoms with Crippen molar-refractivity contribution in [3.63, 3.8) is 0 Å². The zero-order valence-electron chi connectivity index (χ0n) is 18.3. The molecule has 0 aliphatic carbocycles. The monoisotopic (exact) mass is 458 g/mol. The van der Waals surface area contributed by atoms with Gasteiger partial charge in [-0.25, -0.2) is 5.43 Å². The maximum Gasteiger partial charge on any atom is 0.259 e. The zero-order chi connectivity index (χ0) is 23.4. The topological polar surface area (TPSA) is 75.0 Å². The van der Waals surface area contributed by atoms with Crippen LogP contribution in [0.1, 0.15) is 32.7 Å². The fourth-order valence-corrected chi connectivity index (χ4v) is 3.82. The number of hydrogen-bond donors (Lipinski definition) is 2. The molecule has 0 spiro atoms. The number of hydrazone groups is 1. The third kappa shape index (κ3) is 4.81. The third-order valence-electron chi connectivity index (χ3n) is 5.42. The lowest BCUT2D eigenvalue weighted by molar-refractivity contribution is -0.119. The predicted octanol–water partition coefficient (Wildman–Crippen LogP) is 5.00. The number of amides is 1. The van der Waals surface area contributed by atoms with E-state index in [4.69, 9.17) is 11.6 Å². The molecule has 0 aliphatic heterocycles. The van der Waals surface area contributed by atoms with Gasteiger partial charge >= 0.3 is 0 Å². The number of para-hydroxylation sites is 1. The number of nitrogens with zero attached hydrogens (tertiary/aromatic N) is 2.